The molecule has 0 saturated carbocycles. The molecular formula is C21H27ClN2O4S. The zero-order chi connectivity index (χ0) is 21.6. The molecule has 2 aromatic rings. The van der Waals surface area contributed by atoms with Gasteiger partial charge in [0.15, 0.2) is 0 Å². The van der Waals surface area contributed by atoms with Crippen LogP contribution in [0.5, 0.6) is 5.75 Å². The second-order valence-corrected chi connectivity index (χ2v) is 8.99. The Morgan fingerprint density at radius 1 is 1.17 bits per heavy atom. The first-order chi connectivity index (χ1) is 13.7. The lowest BCUT2D eigenvalue weighted by Crippen LogP contribution is -2.49. The number of sulfonamides is 1. The average molecular weight is 439 g/mol. The van der Waals surface area contributed by atoms with Gasteiger partial charge in [-0.05, 0) is 56.2 Å². The van der Waals surface area contributed by atoms with E-state index in [1.165, 1.54) is 6.07 Å². The molecule has 0 aliphatic carbocycles. The van der Waals surface area contributed by atoms with Crippen LogP contribution < -0.4 is 14.4 Å². The Morgan fingerprint density at radius 2 is 1.83 bits per heavy atom. The zero-order valence-electron chi connectivity index (χ0n) is 17.1. The van der Waals surface area contributed by atoms with E-state index in [2.05, 4.69) is 5.32 Å². The van der Waals surface area contributed by atoms with Gasteiger partial charge in [-0.15, -0.1) is 0 Å². The third-order valence-corrected chi connectivity index (χ3v) is 5.86. The Bertz CT molecular complexity index is 932. The van der Waals surface area contributed by atoms with E-state index in [-0.39, 0.29) is 11.9 Å². The standard InChI is InChI=1S/C21H27ClN2O4S/c1-5-20(24(29(4,26)27)18-9-7-8-17(22)14-18)21(25)23-15(3)16-10-12-19(13-11-16)28-6-2/h7-15,20H,5-6H2,1-4H3,(H,23,25)/t15-,20+/m0/s1. The fourth-order valence-corrected chi connectivity index (χ4v) is 4.47. The molecule has 0 aliphatic heterocycles. The number of carbonyl (C=O) groups is 1. The van der Waals surface area contributed by atoms with Crippen LogP contribution in [0, 0.1) is 0 Å². The van der Waals surface area contributed by atoms with E-state index in [0.717, 1.165) is 21.9 Å². The zero-order valence-corrected chi connectivity index (χ0v) is 18.6. The van der Waals surface area contributed by atoms with Crippen molar-refractivity contribution >= 4 is 33.2 Å². The van der Waals surface area contributed by atoms with Crippen LogP contribution >= 0.6 is 11.6 Å². The molecule has 2 rings (SSSR count). The van der Waals surface area contributed by atoms with E-state index in [1.807, 2.05) is 38.1 Å². The first-order valence-corrected chi connectivity index (χ1v) is 11.7. The van der Waals surface area contributed by atoms with E-state index in [9.17, 15) is 13.2 Å². The molecule has 0 fully saturated rings. The predicted molar refractivity (Wildman–Crippen MR) is 117 cm³/mol. The van der Waals surface area contributed by atoms with Gasteiger partial charge in [-0.25, -0.2) is 8.42 Å². The van der Waals surface area contributed by atoms with Crippen molar-refractivity contribution in [2.75, 3.05) is 17.2 Å². The molecule has 2 aromatic carbocycles. The monoisotopic (exact) mass is 438 g/mol. The summed E-state index contributed by atoms with van der Waals surface area (Å²) in [6.07, 6.45) is 1.39. The molecule has 2 atom stereocenters. The minimum atomic E-state index is -3.71. The second kappa shape index (κ2) is 9.98. The highest BCUT2D eigenvalue weighted by Crippen LogP contribution is 2.26. The van der Waals surface area contributed by atoms with Crippen LogP contribution in [0.2, 0.25) is 5.02 Å². The van der Waals surface area contributed by atoms with Crippen LogP contribution in [0.3, 0.4) is 0 Å². The van der Waals surface area contributed by atoms with Crippen molar-refractivity contribution in [1.82, 2.24) is 5.32 Å². The molecule has 0 spiro atoms. The summed E-state index contributed by atoms with van der Waals surface area (Å²) in [4.78, 5) is 13.0. The minimum Gasteiger partial charge on any atom is -0.494 e. The molecule has 8 heteroatoms. The SMILES string of the molecule is CCOc1ccc([C@H](C)NC(=O)[C@@H](CC)N(c2cccc(Cl)c2)S(C)(=O)=O)cc1. The van der Waals surface area contributed by atoms with Crippen molar-refractivity contribution in [1.29, 1.82) is 0 Å². The number of benzene rings is 2. The fraction of sp³-hybridized carbons (Fsp3) is 0.381. The summed E-state index contributed by atoms with van der Waals surface area (Å²) >= 11 is 6.03. The van der Waals surface area contributed by atoms with Gasteiger partial charge in [0.2, 0.25) is 15.9 Å². The Kier molecular flexibility index (Phi) is 7.93. The number of carbonyl (C=O) groups excluding carboxylic acids is 1. The Balaban J connectivity index is 2.24. The predicted octanol–water partition coefficient (Wildman–Crippen LogP) is 4.16. The van der Waals surface area contributed by atoms with Crippen molar-refractivity contribution in [3.63, 3.8) is 0 Å². The quantitative estimate of drug-likeness (QED) is 0.637. The molecule has 6 nitrogen and oxygen atoms in total. The summed E-state index contributed by atoms with van der Waals surface area (Å²) in [6, 6.07) is 12.7. The lowest BCUT2D eigenvalue weighted by atomic mass is 10.1. The lowest BCUT2D eigenvalue weighted by molar-refractivity contribution is -0.122. The van der Waals surface area contributed by atoms with Crippen LogP contribution in [-0.4, -0.2) is 33.2 Å². The first kappa shape index (κ1) is 23.0. The number of amides is 1. The molecule has 0 heterocycles. The van der Waals surface area contributed by atoms with Crippen molar-refractivity contribution in [3.05, 3.63) is 59.1 Å². The third kappa shape index (κ3) is 6.11. The number of hydrogen-bond acceptors (Lipinski definition) is 4. The van der Waals surface area contributed by atoms with Gasteiger partial charge in [0.05, 0.1) is 24.6 Å². The second-order valence-electron chi connectivity index (χ2n) is 6.70. The van der Waals surface area contributed by atoms with Gasteiger partial charge in [-0.1, -0.05) is 36.7 Å². The van der Waals surface area contributed by atoms with E-state index in [4.69, 9.17) is 16.3 Å². The number of rotatable bonds is 9. The molecule has 0 aliphatic rings. The summed E-state index contributed by atoms with van der Waals surface area (Å²) in [5.41, 5.74) is 1.25. The van der Waals surface area contributed by atoms with E-state index < -0.39 is 16.1 Å². The molecule has 0 radical (unpaired) electrons. The number of halogens is 1. The lowest BCUT2D eigenvalue weighted by Gasteiger charge is -2.31. The van der Waals surface area contributed by atoms with Gasteiger partial charge in [0, 0.05) is 5.02 Å². The highest BCUT2D eigenvalue weighted by Gasteiger charge is 2.32. The maximum absolute atomic E-state index is 13.0. The highest BCUT2D eigenvalue weighted by molar-refractivity contribution is 7.92. The van der Waals surface area contributed by atoms with Crippen LogP contribution in [0.4, 0.5) is 5.69 Å². The van der Waals surface area contributed by atoms with Crippen LogP contribution in [0.25, 0.3) is 0 Å². The molecule has 0 unspecified atom stereocenters. The topological polar surface area (TPSA) is 75.7 Å². The normalized spacial score (nSPS) is 13.4. The molecule has 158 valence electrons. The van der Waals surface area contributed by atoms with Gasteiger partial charge in [-0.2, -0.15) is 0 Å². The highest BCUT2D eigenvalue weighted by atomic mass is 35.5. The molecule has 1 amide bonds. The largest absolute Gasteiger partial charge is 0.494 e. The van der Waals surface area contributed by atoms with Crippen LogP contribution in [0.15, 0.2) is 48.5 Å². The third-order valence-electron chi connectivity index (χ3n) is 4.44. The number of ether oxygens (including phenoxy) is 1. The van der Waals surface area contributed by atoms with Gasteiger partial charge in [0.1, 0.15) is 11.8 Å². The Labute approximate surface area is 177 Å². The molecule has 0 aromatic heterocycles. The number of nitrogens with one attached hydrogen (secondary N) is 1. The molecule has 1 N–H and O–H groups in total. The van der Waals surface area contributed by atoms with Crippen molar-refractivity contribution < 1.29 is 17.9 Å². The van der Waals surface area contributed by atoms with Gasteiger partial charge in [0.25, 0.3) is 0 Å². The fourth-order valence-electron chi connectivity index (χ4n) is 3.09. The minimum absolute atomic E-state index is 0.298. The first-order valence-electron chi connectivity index (χ1n) is 9.45. The summed E-state index contributed by atoms with van der Waals surface area (Å²) in [5, 5.41) is 3.31. The van der Waals surface area contributed by atoms with Crippen LogP contribution in [-0.2, 0) is 14.8 Å². The summed E-state index contributed by atoms with van der Waals surface area (Å²) in [5.74, 6) is 0.379. The van der Waals surface area contributed by atoms with Crippen molar-refractivity contribution in [2.45, 2.75) is 39.3 Å². The average Bonchev–Trinajstić information content (AvgIpc) is 2.65. The Morgan fingerprint density at radius 3 is 2.34 bits per heavy atom. The van der Waals surface area contributed by atoms with Crippen molar-refractivity contribution in [2.24, 2.45) is 0 Å². The molecule has 0 bridgehead atoms. The molecular weight excluding hydrogens is 412 g/mol. The van der Waals surface area contributed by atoms with Gasteiger partial charge in [-0.3, -0.25) is 9.10 Å². The maximum atomic E-state index is 13.0. The van der Waals surface area contributed by atoms with Crippen molar-refractivity contribution in [3.8, 4) is 5.75 Å². The molecule has 29 heavy (non-hydrogen) atoms. The maximum Gasteiger partial charge on any atom is 0.244 e. The van der Waals surface area contributed by atoms with E-state index >= 15 is 0 Å². The van der Waals surface area contributed by atoms with E-state index in [1.54, 1.807) is 25.1 Å². The summed E-state index contributed by atoms with van der Waals surface area (Å²) in [7, 11) is -3.71. The van der Waals surface area contributed by atoms with Gasteiger partial charge >= 0.3 is 0 Å². The van der Waals surface area contributed by atoms with E-state index in [0.29, 0.717) is 23.7 Å². The number of nitrogens with zero attached hydrogens (tertiary/aromatic N) is 1. The van der Waals surface area contributed by atoms with Gasteiger partial charge < -0.3 is 10.1 Å². The smallest absolute Gasteiger partial charge is 0.244 e. The number of anilines is 1. The van der Waals surface area contributed by atoms with Crippen LogP contribution in [0.1, 0.15) is 38.8 Å². The summed E-state index contributed by atoms with van der Waals surface area (Å²) < 4.78 is 31.5. The summed E-state index contributed by atoms with van der Waals surface area (Å²) in [6.45, 7) is 6.11. The Hall–Kier alpha value is -2.25. The number of hydrogen-bond donors (Lipinski definition) is 1. The molecule has 0 saturated heterocycles.